The van der Waals surface area contributed by atoms with E-state index in [9.17, 15) is 4.79 Å². The number of hydrogen-bond donors (Lipinski definition) is 1. The number of aryl methyl sites for hydroxylation is 1. The van der Waals surface area contributed by atoms with Gasteiger partial charge in [-0.25, -0.2) is 0 Å². The average Bonchev–Trinajstić information content (AvgIpc) is 3.21. The monoisotopic (exact) mass is 252 g/mol. The second kappa shape index (κ2) is 4.50. The van der Waals surface area contributed by atoms with Crippen LogP contribution in [-0.2, 0) is 5.54 Å². The summed E-state index contributed by atoms with van der Waals surface area (Å²) in [5.41, 5.74) is 2.76. The molecule has 3 rings (SSSR count). The molecule has 1 aliphatic rings. The van der Waals surface area contributed by atoms with Crippen LogP contribution in [-0.4, -0.2) is 10.9 Å². The van der Waals surface area contributed by atoms with Crippen molar-refractivity contribution in [3.63, 3.8) is 0 Å². The van der Waals surface area contributed by atoms with Gasteiger partial charge >= 0.3 is 0 Å². The van der Waals surface area contributed by atoms with Crippen LogP contribution in [0, 0.1) is 6.92 Å². The number of carbonyl (C=O) groups excluding carboxylic acids is 1. The first kappa shape index (κ1) is 11.9. The molecule has 1 aromatic heterocycles. The van der Waals surface area contributed by atoms with E-state index < -0.39 is 0 Å². The van der Waals surface area contributed by atoms with Gasteiger partial charge in [0.2, 0.25) is 0 Å². The number of nitrogens with one attached hydrogen (secondary N) is 1. The van der Waals surface area contributed by atoms with E-state index in [4.69, 9.17) is 0 Å². The summed E-state index contributed by atoms with van der Waals surface area (Å²) in [4.78, 5) is 16.4. The summed E-state index contributed by atoms with van der Waals surface area (Å²) in [5, 5.41) is 3.14. The van der Waals surface area contributed by atoms with Crippen molar-refractivity contribution in [1.82, 2.24) is 10.3 Å². The normalized spacial score (nSPS) is 15.8. The smallest absolute Gasteiger partial charge is 0.251 e. The lowest BCUT2D eigenvalue weighted by Crippen LogP contribution is -2.34. The Balaban J connectivity index is 1.78. The number of aromatic nitrogens is 1. The Morgan fingerprint density at radius 3 is 2.53 bits per heavy atom. The predicted octanol–water partition coefficient (Wildman–Crippen LogP) is 2.81. The predicted molar refractivity (Wildman–Crippen MR) is 73.8 cm³/mol. The molecular formula is C16H16N2O. The van der Waals surface area contributed by atoms with Gasteiger partial charge in [-0.2, -0.15) is 0 Å². The highest BCUT2D eigenvalue weighted by Gasteiger charge is 2.45. The van der Waals surface area contributed by atoms with Gasteiger partial charge in [-0.15, -0.1) is 0 Å². The lowest BCUT2D eigenvalue weighted by atomic mass is 10.1. The highest BCUT2D eigenvalue weighted by atomic mass is 16.1. The zero-order chi connectivity index (χ0) is 13.3. The van der Waals surface area contributed by atoms with Gasteiger partial charge in [0.05, 0.1) is 5.54 Å². The molecule has 19 heavy (non-hydrogen) atoms. The van der Waals surface area contributed by atoms with Gasteiger partial charge in [-0.1, -0.05) is 23.8 Å². The Hall–Kier alpha value is -2.16. The van der Waals surface area contributed by atoms with Crippen LogP contribution in [0.15, 0.2) is 48.8 Å². The SMILES string of the molecule is Cc1ccc(C(=O)NC2(c3cccnc3)CC2)cc1. The zero-order valence-electron chi connectivity index (χ0n) is 10.9. The van der Waals surface area contributed by atoms with E-state index >= 15 is 0 Å². The summed E-state index contributed by atoms with van der Waals surface area (Å²) >= 11 is 0. The third-order valence-electron chi connectivity index (χ3n) is 3.63. The second-order valence-electron chi connectivity index (χ2n) is 5.14. The topological polar surface area (TPSA) is 42.0 Å². The minimum atomic E-state index is -0.198. The van der Waals surface area contributed by atoms with Crippen LogP contribution in [0.3, 0.4) is 0 Å². The molecule has 0 aliphatic heterocycles. The first-order valence-corrected chi connectivity index (χ1v) is 6.49. The molecule has 1 aromatic carbocycles. The van der Waals surface area contributed by atoms with Crippen molar-refractivity contribution >= 4 is 5.91 Å². The molecule has 96 valence electrons. The Morgan fingerprint density at radius 2 is 1.95 bits per heavy atom. The fraction of sp³-hybridized carbons (Fsp3) is 0.250. The Kier molecular flexibility index (Phi) is 2.82. The molecule has 0 atom stereocenters. The van der Waals surface area contributed by atoms with E-state index in [1.54, 1.807) is 6.20 Å². The molecule has 2 aromatic rings. The number of pyridine rings is 1. The van der Waals surface area contributed by atoms with Crippen molar-refractivity contribution in [2.45, 2.75) is 25.3 Å². The van der Waals surface area contributed by atoms with Crippen LogP contribution in [0.5, 0.6) is 0 Å². The third kappa shape index (κ3) is 2.36. The lowest BCUT2D eigenvalue weighted by Gasteiger charge is -2.17. The van der Waals surface area contributed by atoms with Crippen LogP contribution in [0.25, 0.3) is 0 Å². The van der Waals surface area contributed by atoms with E-state index in [2.05, 4.69) is 10.3 Å². The molecule has 3 nitrogen and oxygen atoms in total. The molecule has 3 heteroatoms. The summed E-state index contributed by atoms with van der Waals surface area (Å²) in [5.74, 6) is -0.0126. The molecule has 1 fully saturated rings. The van der Waals surface area contributed by atoms with Crippen molar-refractivity contribution < 1.29 is 4.79 Å². The number of nitrogens with zero attached hydrogens (tertiary/aromatic N) is 1. The van der Waals surface area contributed by atoms with Gasteiger partial charge in [0.25, 0.3) is 5.91 Å². The summed E-state index contributed by atoms with van der Waals surface area (Å²) in [7, 11) is 0. The fourth-order valence-electron chi connectivity index (χ4n) is 2.25. The summed E-state index contributed by atoms with van der Waals surface area (Å²) in [6.07, 6.45) is 5.55. The third-order valence-corrected chi connectivity index (χ3v) is 3.63. The second-order valence-corrected chi connectivity index (χ2v) is 5.14. The van der Waals surface area contributed by atoms with Crippen molar-refractivity contribution in [2.75, 3.05) is 0 Å². The first-order valence-electron chi connectivity index (χ1n) is 6.49. The van der Waals surface area contributed by atoms with E-state index in [1.165, 1.54) is 0 Å². The molecular weight excluding hydrogens is 236 g/mol. The Morgan fingerprint density at radius 1 is 1.21 bits per heavy atom. The van der Waals surface area contributed by atoms with Crippen LogP contribution >= 0.6 is 0 Å². The molecule has 1 N–H and O–H groups in total. The van der Waals surface area contributed by atoms with Crippen molar-refractivity contribution in [1.29, 1.82) is 0 Å². The maximum Gasteiger partial charge on any atom is 0.251 e. The summed E-state index contributed by atoms with van der Waals surface area (Å²) in [6.45, 7) is 2.01. The van der Waals surface area contributed by atoms with Crippen molar-refractivity contribution in [3.05, 3.63) is 65.5 Å². The summed E-state index contributed by atoms with van der Waals surface area (Å²) < 4.78 is 0. The van der Waals surface area contributed by atoms with E-state index in [1.807, 2.05) is 49.5 Å². The minimum absolute atomic E-state index is 0.0126. The van der Waals surface area contributed by atoms with Gasteiger partial charge in [-0.05, 0) is 43.5 Å². The molecule has 1 heterocycles. The maximum atomic E-state index is 12.3. The van der Waals surface area contributed by atoms with Crippen LogP contribution < -0.4 is 5.32 Å². The Bertz CT molecular complexity index is 586. The van der Waals surface area contributed by atoms with E-state index in [-0.39, 0.29) is 11.4 Å². The number of rotatable bonds is 3. The molecule has 0 unspecified atom stereocenters. The quantitative estimate of drug-likeness (QED) is 0.912. The first-order chi connectivity index (χ1) is 9.20. The van der Waals surface area contributed by atoms with Crippen LogP contribution in [0.4, 0.5) is 0 Å². The minimum Gasteiger partial charge on any atom is -0.342 e. The number of hydrogen-bond acceptors (Lipinski definition) is 2. The zero-order valence-corrected chi connectivity index (χ0v) is 10.9. The van der Waals surface area contributed by atoms with Crippen LogP contribution in [0.1, 0.15) is 34.3 Å². The molecule has 1 amide bonds. The van der Waals surface area contributed by atoms with Crippen molar-refractivity contribution in [3.8, 4) is 0 Å². The molecule has 1 aliphatic carbocycles. The fourth-order valence-corrected chi connectivity index (χ4v) is 2.25. The highest BCUT2D eigenvalue weighted by molar-refractivity contribution is 5.95. The van der Waals surface area contributed by atoms with Gasteiger partial charge in [0, 0.05) is 18.0 Å². The van der Waals surface area contributed by atoms with Crippen molar-refractivity contribution in [2.24, 2.45) is 0 Å². The Labute approximate surface area is 112 Å². The number of benzene rings is 1. The van der Waals surface area contributed by atoms with Gasteiger partial charge < -0.3 is 5.32 Å². The van der Waals surface area contributed by atoms with E-state index in [0.717, 1.165) is 24.0 Å². The molecule has 0 radical (unpaired) electrons. The molecule has 0 spiro atoms. The molecule has 1 saturated carbocycles. The van der Waals surface area contributed by atoms with Gasteiger partial charge in [-0.3, -0.25) is 9.78 Å². The molecule has 0 bridgehead atoms. The highest BCUT2D eigenvalue weighted by Crippen LogP contribution is 2.45. The standard InChI is InChI=1S/C16H16N2O/c1-12-4-6-13(7-5-12)15(19)18-16(8-9-16)14-3-2-10-17-11-14/h2-7,10-11H,8-9H2,1H3,(H,18,19). The summed E-state index contributed by atoms with van der Waals surface area (Å²) in [6, 6.07) is 11.6. The largest absolute Gasteiger partial charge is 0.342 e. The molecule has 0 saturated heterocycles. The van der Waals surface area contributed by atoms with Crippen LogP contribution in [0.2, 0.25) is 0 Å². The van der Waals surface area contributed by atoms with E-state index in [0.29, 0.717) is 5.56 Å². The van der Waals surface area contributed by atoms with Gasteiger partial charge in [0.15, 0.2) is 0 Å². The lowest BCUT2D eigenvalue weighted by molar-refractivity contribution is 0.0931. The average molecular weight is 252 g/mol. The number of carbonyl (C=O) groups is 1. The number of amides is 1. The van der Waals surface area contributed by atoms with Gasteiger partial charge in [0.1, 0.15) is 0 Å². The maximum absolute atomic E-state index is 12.3.